The number of benzene rings is 3. The van der Waals surface area contributed by atoms with E-state index in [1.54, 1.807) is 55.5 Å². The van der Waals surface area contributed by atoms with Crippen molar-refractivity contribution in [2.24, 2.45) is 0 Å². The molecule has 0 spiro atoms. The topological polar surface area (TPSA) is 88.2 Å². The number of thiocarbonyl (C=S) groups is 1. The lowest BCUT2D eigenvalue weighted by Crippen LogP contribution is -2.39. The predicted octanol–water partition coefficient (Wildman–Crippen LogP) is 4.84. The maximum atomic E-state index is 13.7. The molecule has 9 heteroatoms. The molecule has 1 aliphatic heterocycles. The molecule has 0 radical (unpaired) electrons. The SMILES string of the molecule is CCOC(=O)c1ccc(NC(=O)C[C@@H]2C(=O)N(c3ccc(OCC)cc3)C(=S)N2CCc2ccccc2)cc1. The van der Waals surface area contributed by atoms with Gasteiger partial charge in [-0.05, 0) is 86.6 Å². The number of anilines is 2. The fraction of sp³-hybridized carbons (Fsp3) is 0.267. The molecule has 3 aromatic rings. The van der Waals surface area contributed by atoms with E-state index in [1.807, 2.05) is 42.2 Å². The largest absolute Gasteiger partial charge is 0.494 e. The van der Waals surface area contributed by atoms with Gasteiger partial charge in [-0.15, -0.1) is 0 Å². The van der Waals surface area contributed by atoms with Gasteiger partial charge < -0.3 is 19.7 Å². The van der Waals surface area contributed by atoms with Crippen molar-refractivity contribution in [3.05, 3.63) is 90.0 Å². The first-order chi connectivity index (χ1) is 18.9. The molecule has 0 aromatic heterocycles. The molecule has 0 unspecified atom stereocenters. The summed E-state index contributed by atoms with van der Waals surface area (Å²) in [5.41, 5.74) is 2.64. The normalized spacial score (nSPS) is 14.9. The Bertz CT molecular complexity index is 1310. The minimum absolute atomic E-state index is 0.0824. The summed E-state index contributed by atoms with van der Waals surface area (Å²) in [5.74, 6) is -0.322. The Kier molecular flexibility index (Phi) is 9.27. The zero-order chi connectivity index (χ0) is 27.8. The quantitative estimate of drug-likeness (QED) is 0.273. The first-order valence-electron chi connectivity index (χ1n) is 12.9. The summed E-state index contributed by atoms with van der Waals surface area (Å²) in [7, 11) is 0. The van der Waals surface area contributed by atoms with Crippen LogP contribution in [0.5, 0.6) is 5.75 Å². The number of esters is 1. The van der Waals surface area contributed by atoms with Gasteiger partial charge in [0.15, 0.2) is 5.11 Å². The summed E-state index contributed by atoms with van der Waals surface area (Å²) >= 11 is 5.76. The second-order valence-corrected chi connectivity index (χ2v) is 9.24. The standard InChI is InChI=1S/C30H31N3O5S/c1-3-37-25-16-14-24(15-17-25)33-28(35)26(32(30(33)39)19-18-21-8-6-5-7-9-21)20-27(34)31-23-12-10-22(11-13-23)29(36)38-4-2/h5-17,26H,3-4,18-20H2,1-2H3,(H,31,34)/t26-/m1/s1. The second-order valence-electron chi connectivity index (χ2n) is 8.88. The Morgan fingerprint density at radius 3 is 2.26 bits per heavy atom. The van der Waals surface area contributed by atoms with Crippen LogP contribution in [-0.4, -0.2) is 53.6 Å². The molecule has 0 saturated carbocycles. The first-order valence-corrected chi connectivity index (χ1v) is 13.3. The molecule has 4 rings (SSSR count). The van der Waals surface area contributed by atoms with Gasteiger partial charge in [0.25, 0.3) is 5.91 Å². The van der Waals surface area contributed by atoms with Gasteiger partial charge in [0, 0.05) is 12.2 Å². The zero-order valence-electron chi connectivity index (χ0n) is 22.0. The molecule has 3 aromatic carbocycles. The van der Waals surface area contributed by atoms with Gasteiger partial charge in [0.05, 0.1) is 30.9 Å². The number of carbonyl (C=O) groups excluding carboxylic acids is 3. The summed E-state index contributed by atoms with van der Waals surface area (Å²) < 4.78 is 10.5. The number of nitrogens with one attached hydrogen (secondary N) is 1. The highest BCUT2D eigenvalue weighted by atomic mass is 32.1. The molecule has 2 amide bonds. The van der Waals surface area contributed by atoms with Gasteiger partial charge in [0.2, 0.25) is 5.91 Å². The van der Waals surface area contributed by atoms with Crippen LogP contribution in [0.3, 0.4) is 0 Å². The molecule has 39 heavy (non-hydrogen) atoms. The van der Waals surface area contributed by atoms with Gasteiger partial charge in [0.1, 0.15) is 11.8 Å². The van der Waals surface area contributed by atoms with E-state index < -0.39 is 12.0 Å². The molecule has 8 nitrogen and oxygen atoms in total. The summed E-state index contributed by atoms with van der Waals surface area (Å²) in [6, 6.07) is 22.8. The average Bonchev–Trinajstić information content (AvgIpc) is 3.17. The molecule has 1 atom stereocenters. The van der Waals surface area contributed by atoms with Crippen LogP contribution in [0.2, 0.25) is 0 Å². The number of hydrogen-bond acceptors (Lipinski definition) is 6. The second kappa shape index (κ2) is 13.0. The lowest BCUT2D eigenvalue weighted by Gasteiger charge is -2.24. The molecule has 0 bridgehead atoms. The van der Waals surface area contributed by atoms with Crippen molar-refractivity contribution >= 4 is 46.5 Å². The zero-order valence-corrected chi connectivity index (χ0v) is 22.8. The predicted molar refractivity (Wildman–Crippen MR) is 154 cm³/mol. The van der Waals surface area contributed by atoms with Crippen LogP contribution in [0.4, 0.5) is 11.4 Å². The molecule has 1 N–H and O–H groups in total. The smallest absolute Gasteiger partial charge is 0.338 e. The number of ether oxygens (including phenoxy) is 2. The van der Waals surface area contributed by atoms with Crippen molar-refractivity contribution in [1.29, 1.82) is 0 Å². The van der Waals surface area contributed by atoms with Gasteiger partial charge >= 0.3 is 5.97 Å². The van der Waals surface area contributed by atoms with Crippen LogP contribution < -0.4 is 15.0 Å². The van der Waals surface area contributed by atoms with Crippen LogP contribution >= 0.6 is 12.2 Å². The lowest BCUT2D eigenvalue weighted by molar-refractivity contribution is -0.124. The van der Waals surface area contributed by atoms with E-state index >= 15 is 0 Å². The van der Waals surface area contributed by atoms with Crippen LogP contribution in [0.25, 0.3) is 0 Å². The Hall–Kier alpha value is -4.24. The van der Waals surface area contributed by atoms with E-state index in [4.69, 9.17) is 21.7 Å². The number of rotatable bonds is 11. The number of amides is 2. The van der Waals surface area contributed by atoms with Crippen LogP contribution in [0, 0.1) is 0 Å². The van der Waals surface area contributed by atoms with Crippen molar-refractivity contribution in [2.45, 2.75) is 32.7 Å². The van der Waals surface area contributed by atoms with Crippen LogP contribution in [0.1, 0.15) is 36.2 Å². The van der Waals surface area contributed by atoms with Crippen LogP contribution in [-0.2, 0) is 20.7 Å². The lowest BCUT2D eigenvalue weighted by atomic mass is 10.1. The number of nitrogens with zero attached hydrogens (tertiary/aromatic N) is 2. The van der Waals surface area contributed by atoms with Gasteiger partial charge in [-0.25, -0.2) is 4.79 Å². The molecular formula is C30H31N3O5S. The fourth-order valence-corrected chi connectivity index (χ4v) is 4.78. The van der Waals surface area contributed by atoms with Crippen molar-refractivity contribution in [1.82, 2.24) is 4.90 Å². The molecule has 1 saturated heterocycles. The Morgan fingerprint density at radius 1 is 0.923 bits per heavy atom. The Balaban J connectivity index is 1.51. The minimum atomic E-state index is -0.758. The van der Waals surface area contributed by atoms with Gasteiger partial charge in [-0.3, -0.25) is 14.5 Å². The van der Waals surface area contributed by atoms with Gasteiger partial charge in [-0.1, -0.05) is 30.3 Å². The highest BCUT2D eigenvalue weighted by molar-refractivity contribution is 7.80. The van der Waals surface area contributed by atoms with Crippen molar-refractivity contribution in [3.8, 4) is 5.75 Å². The summed E-state index contributed by atoms with van der Waals surface area (Å²) in [6.07, 6.45) is 0.583. The van der Waals surface area contributed by atoms with E-state index in [9.17, 15) is 14.4 Å². The van der Waals surface area contributed by atoms with E-state index in [-0.39, 0.29) is 24.8 Å². The maximum Gasteiger partial charge on any atom is 0.338 e. The van der Waals surface area contributed by atoms with Crippen molar-refractivity contribution in [3.63, 3.8) is 0 Å². The van der Waals surface area contributed by atoms with E-state index in [1.165, 1.54) is 4.90 Å². The van der Waals surface area contributed by atoms with E-state index in [2.05, 4.69) is 5.32 Å². The third kappa shape index (κ3) is 6.80. The Labute approximate surface area is 233 Å². The summed E-state index contributed by atoms with van der Waals surface area (Å²) in [4.78, 5) is 41.9. The summed E-state index contributed by atoms with van der Waals surface area (Å²) in [5, 5.41) is 3.18. The highest BCUT2D eigenvalue weighted by Crippen LogP contribution is 2.29. The number of hydrogen-bond donors (Lipinski definition) is 1. The van der Waals surface area contributed by atoms with Gasteiger partial charge in [-0.2, -0.15) is 0 Å². The summed E-state index contributed by atoms with van der Waals surface area (Å²) in [6.45, 7) is 4.94. The maximum absolute atomic E-state index is 13.7. The minimum Gasteiger partial charge on any atom is -0.494 e. The van der Waals surface area contributed by atoms with Crippen molar-refractivity contribution < 1.29 is 23.9 Å². The van der Waals surface area contributed by atoms with E-state index in [0.717, 1.165) is 5.56 Å². The third-order valence-electron chi connectivity index (χ3n) is 6.27. The van der Waals surface area contributed by atoms with Crippen LogP contribution in [0.15, 0.2) is 78.9 Å². The molecule has 1 heterocycles. The monoisotopic (exact) mass is 545 g/mol. The molecule has 202 valence electrons. The molecule has 0 aliphatic carbocycles. The molecule has 1 fully saturated rings. The highest BCUT2D eigenvalue weighted by Gasteiger charge is 2.43. The molecule has 1 aliphatic rings. The fourth-order valence-electron chi connectivity index (χ4n) is 4.37. The van der Waals surface area contributed by atoms with E-state index in [0.29, 0.717) is 47.4 Å². The Morgan fingerprint density at radius 2 is 1.62 bits per heavy atom. The molecular weight excluding hydrogens is 514 g/mol. The van der Waals surface area contributed by atoms with Crippen molar-refractivity contribution in [2.75, 3.05) is 30.0 Å². The average molecular weight is 546 g/mol. The third-order valence-corrected chi connectivity index (χ3v) is 6.68. The first kappa shape index (κ1) is 27.8. The number of carbonyl (C=O) groups is 3.